The summed E-state index contributed by atoms with van der Waals surface area (Å²) in [6.07, 6.45) is 1.16. The van der Waals surface area contributed by atoms with Crippen molar-refractivity contribution in [1.29, 1.82) is 0 Å². The SMILES string of the molecule is COc1cc2ncnc(Nc3cccc(C)c3C)c2cc1N1CC2(CNC2)OC1=O. The number of aryl methyl sites for hydroxylation is 1. The Morgan fingerprint density at radius 3 is 2.77 bits per heavy atom. The lowest BCUT2D eigenvalue weighted by atomic mass is 9.97. The van der Waals surface area contributed by atoms with Gasteiger partial charge in [-0.05, 0) is 37.1 Å². The van der Waals surface area contributed by atoms with Crippen LogP contribution in [-0.2, 0) is 4.74 Å². The molecule has 0 bridgehead atoms. The lowest BCUT2D eigenvalue weighted by Gasteiger charge is -2.36. The van der Waals surface area contributed by atoms with Crippen LogP contribution in [0.1, 0.15) is 11.1 Å². The van der Waals surface area contributed by atoms with Crippen molar-refractivity contribution < 1.29 is 14.3 Å². The van der Waals surface area contributed by atoms with Gasteiger partial charge >= 0.3 is 6.09 Å². The second-order valence-corrected chi connectivity index (χ2v) is 7.88. The smallest absolute Gasteiger partial charge is 0.415 e. The molecule has 0 saturated carbocycles. The van der Waals surface area contributed by atoms with E-state index in [1.807, 2.05) is 24.3 Å². The first-order chi connectivity index (χ1) is 14.5. The van der Waals surface area contributed by atoms with Crippen LogP contribution in [0.3, 0.4) is 0 Å². The van der Waals surface area contributed by atoms with Gasteiger partial charge in [-0.15, -0.1) is 0 Å². The number of rotatable bonds is 4. The van der Waals surface area contributed by atoms with Gasteiger partial charge in [-0.2, -0.15) is 0 Å². The average molecular weight is 405 g/mol. The minimum Gasteiger partial charge on any atom is -0.494 e. The first kappa shape index (κ1) is 18.6. The Hall–Kier alpha value is -3.39. The van der Waals surface area contributed by atoms with E-state index >= 15 is 0 Å². The Labute approximate surface area is 174 Å². The highest BCUT2D eigenvalue weighted by molar-refractivity contribution is 6.00. The fraction of sp³-hybridized carbons (Fsp3) is 0.318. The van der Waals surface area contributed by atoms with E-state index in [2.05, 4.69) is 40.5 Å². The van der Waals surface area contributed by atoms with Crippen LogP contribution in [-0.4, -0.2) is 48.4 Å². The summed E-state index contributed by atoms with van der Waals surface area (Å²) in [4.78, 5) is 23.1. The van der Waals surface area contributed by atoms with Crippen molar-refractivity contribution in [2.45, 2.75) is 19.4 Å². The summed E-state index contributed by atoms with van der Waals surface area (Å²) in [5, 5.41) is 7.40. The number of nitrogens with one attached hydrogen (secondary N) is 2. The molecule has 3 heterocycles. The zero-order chi connectivity index (χ0) is 20.9. The van der Waals surface area contributed by atoms with Crippen molar-refractivity contribution in [1.82, 2.24) is 15.3 Å². The van der Waals surface area contributed by atoms with Crippen molar-refractivity contribution in [3.05, 3.63) is 47.8 Å². The molecule has 3 aromatic rings. The maximum Gasteiger partial charge on any atom is 0.415 e. The third-order valence-corrected chi connectivity index (χ3v) is 5.95. The molecule has 2 aliphatic rings. The highest BCUT2D eigenvalue weighted by Gasteiger charge is 2.50. The number of nitrogens with zero attached hydrogens (tertiary/aromatic N) is 3. The minimum atomic E-state index is -0.454. The van der Waals surface area contributed by atoms with Crippen molar-refractivity contribution in [3.63, 3.8) is 0 Å². The number of methoxy groups -OCH3 is 1. The highest BCUT2D eigenvalue weighted by atomic mass is 16.6. The van der Waals surface area contributed by atoms with E-state index in [1.165, 1.54) is 11.9 Å². The van der Waals surface area contributed by atoms with Gasteiger partial charge in [-0.1, -0.05) is 12.1 Å². The monoisotopic (exact) mass is 405 g/mol. The molecule has 1 spiro atoms. The number of hydrogen-bond acceptors (Lipinski definition) is 7. The van der Waals surface area contributed by atoms with Crippen molar-refractivity contribution in [2.75, 3.05) is 37.0 Å². The van der Waals surface area contributed by atoms with Crippen molar-refractivity contribution in [2.24, 2.45) is 0 Å². The molecular weight excluding hydrogens is 382 g/mol. The summed E-state index contributed by atoms with van der Waals surface area (Å²) in [6.45, 7) is 5.95. The molecule has 0 aliphatic carbocycles. The predicted molar refractivity (Wildman–Crippen MR) is 115 cm³/mol. The van der Waals surface area contributed by atoms with E-state index in [4.69, 9.17) is 9.47 Å². The van der Waals surface area contributed by atoms with Crippen LogP contribution in [0.2, 0.25) is 0 Å². The number of aromatic nitrogens is 2. The van der Waals surface area contributed by atoms with Crippen molar-refractivity contribution >= 4 is 34.2 Å². The summed E-state index contributed by atoms with van der Waals surface area (Å²) >= 11 is 0. The van der Waals surface area contributed by atoms with E-state index in [0.29, 0.717) is 36.9 Å². The maximum absolute atomic E-state index is 12.6. The Bertz CT molecular complexity index is 1160. The van der Waals surface area contributed by atoms with E-state index in [0.717, 1.165) is 22.2 Å². The topological polar surface area (TPSA) is 88.6 Å². The molecule has 0 radical (unpaired) electrons. The van der Waals surface area contributed by atoms with Crippen LogP contribution in [0.15, 0.2) is 36.7 Å². The number of carbonyl (C=O) groups excluding carboxylic acids is 1. The summed E-state index contributed by atoms with van der Waals surface area (Å²) in [5.41, 5.74) is 4.25. The third-order valence-electron chi connectivity index (χ3n) is 5.95. The number of amides is 1. The van der Waals surface area contributed by atoms with Gasteiger partial charge in [0.25, 0.3) is 0 Å². The van der Waals surface area contributed by atoms with Gasteiger partial charge in [0, 0.05) is 30.2 Å². The van der Waals surface area contributed by atoms with E-state index in [-0.39, 0.29) is 6.09 Å². The normalized spacial score (nSPS) is 17.2. The van der Waals surface area contributed by atoms with Gasteiger partial charge < -0.3 is 20.1 Å². The Morgan fingerprint density at radius 2 is 2.07 bits per heavy atom. The molecule has 30 heavy (non-hydrogen) atoms. The largest absolute Gasteiger partial charge is 0.494 e. The molecule has 5 rings (SSSR count). The molecule has 154 valence electrons. The van der Waals surface area contributed by atoms with E-state index < -0.39 is 5.60 Å². The predicted octanol–water partition coefficient (Wildman–Crippen LogP) is 3.30. The van der Waals surface area contributed by atoms with Gasteiger partial charge in [-0.25, -0.2) is 14.8 Å². The molecule has 8 nitrogen and oxygen atoms in total. The van der Waals surface area contributed by atoms with Gasteiger partial charge in [-0.3, -0.25) is 4.90 Å². The molecule has 2 aromatic carbocycles. The van der Waals surface area contributed by atoms with Gasteiger partial charge in [0.15, 0.2) is 5.60 Å². The number of anilines is 3. The second kappa shape index (κ2) is 6.84. The van der Waals surface area contributed by atoms with Crippen LogP contribution in [0.4, 0.5) is 22.0 Å². The van der Waals surface area contributed by atoms with Gasteiger partial charge in [0.2, 0.25) is 0 Å². The lowest BCUT2D eigenvalue weighted by Crippen LogP contribution is -2.61. The fourth-order valence-corrected chi connectivity index (χ4v) is 3.96. The quantitative estimate of drug-likeness (QED) is 0.688. The number of hydrogen-bond donors (Lipinski definition) is 2. The summed E-state index contributed by atoms with van der Waals surface area (Å²) in [7, 11) is 1.59. The maximum atomic E-state index is 12.6. The summed E-state index contributed by atoms with van der Waals surface area (Å²) in [6, 6.07) is 9.83. The van der Waals surface area contributed by atoms with Crippen LogP contribution < -0.4 is 20.3 Å². The molecule has 8 heteroatoms. The Balaban J connectivity index is 1.59. The number of fused-ring (bicyclic) bond motifs is 1. The second-order valence-electron chi connectivity index (χ2n) is 7.88. The molecule has 0 unspecified atom stereocenters. The van der Waals surface area contributed by atoms with E-state index in [1.54, 1.807) is 12.0 Å². The van der Waals surface area contributed by atoms with Crippen molar-refractivity contribution in [3.8, 4) is 5.75 Å². The van der Waals surface area contributed by atoms with E-state index in [9.17, 15) is 4.79 Å². The van der Waals surface area contributed by atoms with Crippen LogP contribution in [0.25, 0.3) is 10.9 Å². The average Bonchev–Trinajstić information content (AvgIpc) is 3.08. The Kier molecular flexibility index (Phi) is 4.25. The molecule has 0 atom stereocenters. The molecule has 1 amide bonds. The lowest BCUT2D eigenvalue weighted by molar-refractivity contribution is 0.0142. The number of ether oxygens (including phenoxy) is 2. The van der Waals surface area contributed by atoms with Gasteiger partial charge in [0.05, 0.1) is 24.9 Å². The highest BCUT2D eigenvalue weighted by Crippen LogP contribution is 2.39. The standard InChI is InChI=1S/C22H23N5O3/c1-13-5-4-6-16(14(13)2)26-20-15-7-18(19(29-3)8-17(15)24-12-25-20)27-11-22(9-23-10-22)30-21(27)28/h4-8,12,23H,9-11H2,1-3H3,(H,24,25,26). The summed E-state index contributed by atoms with van der Waals surface area (Å²) in [5.74, 6) is 1.24. The number of carbonyl (C=O) groups is 1. The zero-order valence-corrected chi connectivity index (χ0v) is 17.2. The molecule has 2 saturated heterocycles. The number of benzene rings is 2. The fourth-order valence-electron chi connectivity index (χ4n) is 3.96. The van der Waals surface area contributed by atoms with Gasteiger partial charge in [0.1, 0.15) is 17.9 Å². The molecule has 2 N–H and O–H groups in total. The van der Waals surface area contributed by atoms with Crippen LogP contribution in [0.5, 0.6) is 5.75 Å². The first-order valence-electron chi connectivity index (χ1n) is 9.87. The van der Waals surface area contributed by atoms with Crippen LogP contribution in [0, 0.1) is 13.8 Å². The minimum absolute atomic E-state index is 0.366. The molecule has 2 aliphatic heterocycles. The summed E-state index contributed by atoms with van der Waals surface area (Å²) < 4.78 is 11.2. The third kappa shape index (κ3) is 2.91. The first-order valence-corrected chi connectivity index (χ1v) is 9.87. The van der Waals surface area contributed by atoms with Crippen LogP contribution >= 0.6 is 0 Å². The molecular formula is C22H23N5O3. The molecule has 2 fully saturated rings. The molecule has 1 aromatic heterocycles. The zero-order valence-electron chi connectivity index (χ0n) is 17.2. The Morgan fingerprint density at radius 1 is 1.23 bits per heavy atom.